The van der Waals surface area contributed by atoms with E-state index >= 15 is 0 Å². The van der Waals surface area contributed by atoms with Gasteiger partial charge in [-0.1, -0.05) is 5.92 Å². The second kappa shape index (κ2) is 5.65. The number of hydrogen-bond donors (Lipinski definition) is 0. The lowest BCUT2D eigenvalue weighted by Gasteiger charge is -2.08. The van der Waals surface area contributed by atoms with Gasteiger partial charge in [0.05, 0.1) is 0 Å². The molecule has 0 aliphatic rings. The minimum absolute atomic E-state index is 0.924. The largest absolute Gasteiger partial charge is 0.741 e. The Morgan fingerprint density at radius 1 is 1.35 bits per heavy atom. The van der Waals surface area contributed by atoms with E-state index in [0.29, 0.717) is 0 Å². The van der Waals surface area contributed by atoms with Gasteiger partial charge in [0.15, 0.2) is 22.5 Å². The van der Waals surface area contributed by atoms with Gasteiger partial charge in [-0.3, -0.25) is 0 Å². The van der Waals surface area contributed by atoms with Crippen LogP contribution in [0.5, 0.6) is 0 Å². The van der Waals surface area contributed by atoms with Crippen molar-refractivity contribution in [3.63, 3.8) is 0 Å². The minimum Gasteiger partial charge on any atom is -0.741 e. The van der Waals surface area contributed by atoms with Crippen LogP contribution in [0.25, 0.3) is 0 Å². The average molecular weight is 267 g/mol. The van der Waals surface area contributed by atoms with Gasteiger partial charge >= 0.3 is 5.51 Å². The van der Waals surface area contributed by atoms with Crippen LogP contribution in [0.4, 0.5) is 13.2 Å². The zero-order valence-electron chi connectivity index (χ0n) is 8.60. The van der Waals surface area contributed by atoms with Gasteiger partial charge in [0.1, 0.15) is 7.05 Å². The molecule has 1 heterocycles. The molecule has 0 bridgehead atoms. The number of terminal acetylenes is 1. The van der Waals surface area contributed by atoms with Crippen LogP contribution in [-0.4, -0.2) is 18.5 Å². The van der Waals surface area contributed by atoms with Gasteiger partial charge in [-0.2, -0.15) is 13.2 Å². The molecule has 0 spiro atoms. The molecule has 0 atom stereocenters. The number of pyridine rings is 1. The van der Waals surface area contributed by atoms with Crippen molar-refractivity contribution in [2.75, 3.05) is 0 Å². The van der Waals surface area contributed by atoms with E-state index in [2.05, 4.69) is 5.92 Å². The number of rotatable bonds is 0. The second-order valence-corrected chi connectivity index (χ2v) is 4.17. The van der Waals surface area contributed by atoms with Crippen LogP contribution in [-0.2, 0) is 17.2 Å². The Kier molecular flexibility index (Phi) is 5.12. The fraction of sp³-hybridized carbons (Fsp3) is 0.222. The summed E-state index contributed by atoms with van der Waals surface area (Å²) in [5.41, 5.74) is -4.72. The Labute approximate surface area is 96.5 Å². The summed E-state index contributed by atoms with van der Waals surface area (Å²) in [7, 11) is -4.13. The second-order valence-electron chi connectivity index (χ2n) is 2.80. The molecule has 0 aromatic carbocycles. The summed E-state index contributed by atoms with van der Waals surface area (Å²) < 4.78 is 60.8. The Balaban J connectivity index is 0.000000304. The van der Waals surface area contributed by atoms with Crippen molar-refractivity contribution in [1.29, 1.82) is 0 Å². The lowest BCUT2D eigenvalue weighted by molar-refractivity contribution is -0.671. The van der Waals surface area contributed by atoms with E-state index in [1.165, 1.54) is 0 Å². The van der Waals surface area contributed by atoms with Crippen LogP contribution >= 0.6 is 0 Å². The summed E-state index contributed by atoms with van der Waals surface area (Å²) in [6.07, 6.45) is 8.99. The van der Waals surface area contributed by atoms with Gasteiger partial charge in [0.25, 0.3) is 0 Å². The van der Waals surface area contributed by atoms with Gasteiger partial charge in [-0.25, -0.2) is 13.0 Å². The van der Waals surface area contributed by atoms with E-state index in [9.17, 15) is 13.2 Å². The number of alkyl halides is 3. The van der Waals surface area contributed by atoms with Crippen LogP contribution < -0.4 is 4.57 Å². The Hall–Kier alpha value is -1.59. The quantitative estimate of drug-likeness (QED) is 0.298. The monoisotopic (exact) mass is 267 g/mol. The Morgan fingerprint density at radius 3 is 1.94 bits per heavy atom. The highest BCUT2D eigenvalue weighted by molar-refractivity contribution is 7.86. The van der Waals surface area contributed by atoms with E-state index in [1.807, 2.05) is 36.1 Å². The summed E-state index contributed by atoms with van der Waals surface area (Å²) in [6.45, 7) is 0. The van der Waals surface area contributed by atoms with Crippen molar-refractivity contribution >= 4 is 10.1 Å². The predicted molar refractivity (Wildman–Crippen MR) is 51.3 cm³/mol. The average Bonchev–Trinajstić information content (AvgIpc) is 2.17. The Bertz CT molecular complexity index is 500. The standard InChI is InChI=1S/C8H8N.CHF3O3S/c1-3-8-4-6-9(2)7-5-8;2-1(3,4)8(5,6)7/h1,4-7H,2H3;(H,5,6,7)/q+1;/p-1. The van der Waals surface area contributed by atoms with Gasteiger partial charge < -0.3 is 4.55 Å². The maximum absolute atomic E-state index is 10.7. The van der Waals surface area contributed by atoms with E-state index in [4.69, 9.17) is 19.4 Å². The molecule has 0 aliphatic carbocycles. The summed E-state index contributed by atoms with van der Waals surface area (Å²) in [4.78, 5) is 0. The molecule has 0 saturated carbocycles. The maximum Gasteiger partial charge on any atom is 0.485 e. The van der Waals surface area contributed by atoms with Crippen molar-refractivity contribution in [2.45, 2.75) is 5.51 Å². The summed E-state index contributed by atoms with van der Waals surface area (Å²) in [6, 6.07) is 3.81. The summed E-state index contributed by atoms with van der Waals surface area (Å²) in [5, 5.41) is 0. The molecule has 1 aromatic heterocycles. The molecule has 17 heavy (non-hydrogen) atoms. The van der Waals surface area contributed by atoms with Crippen LogP contribution in [0.3, 0.4) is 0 Å². The Morgan fingerprint density at radius 2 is 1.71 bits per heavy atom. The highest BCUT2D eigenvalue weighted by Crippen LogP contribution is 2.20. The first kappa shape index (κ1) is 15.4. The fourth-order valence-corrected chi connectivity index (χ4v) is 0.597. The van der Waals surface area contributed by atoms with Gasteiger partial charge in [0.2, 0.25) is 0 Å². The van der Waals surface area contributed by atoms with E-state index in [-0.39, 0.29) is 0 Å². The van der Waals surface area contributed by atoms with Crippen LogP contribution in [0.1, 0.15) is 5.56 Å². The third-order valence-corrected chi connectivity index (χ3v) is 2.00. The molecular formula is C9H8F3NO3S. The molecule has 0 aliphatic heterocycles. The van der Waals surface area contributed by atoms with Crippen molar-refractivity contribution in [1.82, 2.24) is 0 Å². The smallest absolute Gasteiger partial charge is 0.485 e. The molecule has 1 aromatic rings. The SMILES string of the molecule is C#Cc1cc[n+](C)cc1.O=S(=O)([O-])C(F)(F)F. The molecule has 1 rings (SSSR count). The van der Waals surface area contributed by atoms with E-state index < -0.39 is 15.6 Å². The van der Waals surface area contributed by atoms with Gasteiger partial charge in [0, 0.05) is 17.7 Å². The van der Waals surface area contributed by atoms with Crippen molar-refractivity contribution in [3.05, 3.63) is 30.1 Å². The molecule has 8 heteroatoms. The topological polar surface area (TPSA) is 61.1 Å². The highest BCUT2D eigenvalue weighted by Gasteiger charge is 2.36. The molecule has 0 radical (unpaired) electrons. The number of aryl methyl sites for hydroxylation is 1. The molecule has 0 N–H and O–H groups in total. The van der Waals surface area contributed by atoms with Gasteiger partial charge in [-0.05, 0) is 0 Å². The first-order valence-corrected chi connectivity index (χ1v) is 5.43. The van der Waals surface area contributed by atoms with Crippen molar-refractivity contribution in [2.24, 2.45) is 7.05 Å². The first-order valence-electron chi connectivity index (χ1n) is 4.02. The minimum atomic E-state index is -6.09. The molecule has 0 unspecified atom stereocenters. The van der Waals surface area contributed by atoms with Crippen LogP contribution in [0.15, 0.2) is 24.5 Å². The zero-order chi connectivity index (χ0) is 13.7. The number of aromatic nitrogens is 1. The van der Waals surface area contributed by atoms with Crippen LogP contribution in [0.2, 0.25) is 0 Å². The predicted octanol–water partition coefficient (Wildman–Crippen LogP) is 0.544. The summed E-state index contributed by atoms with van der Waals surface area (Å²) >= 11 is 0. The first-order chi connectivity index (χ1) is 7.58. The highest BCUT2D eigenvalue weighted by atomic mass is 32.2. The normalized spacial score (nSPS) is 11.1. The lowest BCUT2D eigenvalue weighted by Crippen LogP contribution is -2.25. The van der Waals surface area contributed by atoms with Crippen molar-refractivity contribution < 1.29 is 30.7 Å². The number of nitrogens with zero attached hydrogens (tertiary/aromatic N) is 1. The van der Waals surface area contributed by atoms with E-state index in [1.54, 1.807) is 0 Å². The number of halogens is 3. The van der Waals surface area contributed by atoms with Crippen molar-refractivity contribution in [3.8, 4) is 12.3 Å². The zero-order valence-corrected chi connectivity index (χ0v) is 9.42. The fourth-order valence-electron chi connectivity index (χ4n) is 0.597. The third-order valence-electron chi connectivity index (χ3n) is 1.43. The number of hydrogen-bond acceptors (Lipinski definition) is 3. The molecule has 94 valence electrons. The third kappa shape index (κ3) is 5.89. The lowest BCUT2D eigenvalue weighted by atomic mass is 10.3. The summed E-state index contributed by atoms with van der Waals surface area (Å²) in [5.74, 6) is 2.54. The molecular weight excluding hydrogens is 259 g/mol. The molecule has 4 nitrogen and oxygen atoms in total. The molecule has 0 amide bonds. The van der Waals surface area contributed by atoms with E-state index in [0.717, 1.165) is 5.56 Å². The molecule has 0 saturated heterocycles. The molecule has 0 fully saturated rings. The van der Waals surface area contributed by atoms with Crippen LogP contribution in [0, 0.1) is 12.3 Å². The van der Waals surface area contributed by atoms with Gasteiger partial charge in [-0.15, -0.1) is 6.42 Å². The maximum atomic E-state index is 10.7.